The van der Waals surface area contributed by atoms with E-state index in [0.29, 0.717) is 35.6 Å². The third kappa shape index (κ3) is 4.65. The van der Waals surface area contributed by atoms with Crippen LogP contribution in [-0.2, 0) is 16.1 Å². The lowest BCUT2D eigenvalue weighted by Gasteiger charge is -2.11. The molecule has 30 heavy (non-hydrogen) atoms. The Morgan fingerprint density at radius 2 is 1.83 bits per heavy atom. The van der Waals surface area contributed by atoms with Crippen LogP contribution in [0, 0.1) is 6.92 Å². The molecular formula is C22H23N3O5. The Kier molecular flexibility index (Phi) is 6.46. The molecule has 3 aromatic rings. The first-order valence-electron chi connectivity index (χ1n) is 9.63. The Hall–Kier alpha value is -3.68. The predicted octanol–water partition coefficient (Wildman–Crippen LogP) is 2.92. The Bertz CT molecular complexity index is 1140. The SMILES string of the molecule is CCOc1ccc(NC(=O)COC(=O)c2cn(CC)c3nc(C)ccc3c2=O)cc1. The Labute approximate surface area is 173 Å². The van der Waals surface area contributed by atoms with Gasteiger partial charge in [-0.1, -0.05) is 0 Å². The zero-order valence-corrected chi connectivity index (χ0v) is 17.1. The topological polar surface area (TPSA) is 99.5 Å². The zero-order chi connectivity index (χ0) is 21.7. The van der Waals surface area contributed by atoms with Crippen LogP contribution < -0.4 is 15.5 Å². The average molecular weight is 409 g/mol. The number of amides is 1. The molecule has 0 aliphatic rings. The van der Waals surface area contributed by atoms with Crippen molar-refractivity contribution in [3.8, 4) is 5.75 Å². The fraction of sp³-hybridized carbons (Fsp3) is 0.273. The highest BCUT2D eigenvalue weighted by Gasteiger charge is 2.18. The van der Waals surface area contributed by atoms with Crippen molar-refractivity contribution in [1.29, 1.82) is 0 Å². The van der Waals surface area contributed by atoms with Crippen molar-refractivity contribution in [2.75, 3.05) is 18.5 Å². The molecule has 0 aliphatic heterocycles. The maximum Gasteiger partial charge on any atom is 0.344 e. The largest absolute Gasteiger partial charge is 0.494 e. The van der Waals surface area contributed by atoms with Gasteiger partial charge in [-0.05, 0) is 57.2 Å². The molecule has 8 nitrogen and oxygen atoms in total. The van der Waals surface area contributed by atoms with Gasteiger partial charge in [-0.15, -0.1) is 0 Å². The summed E-state index contributed by atoms with van der Waals surface area (Å²) in [6, 6.07) is 10.2. The van der Waals surface area contributed by atoms with Crippen LogP contribution in [0.2, 0.25) is 0 Å². The Morgan fingerprint density at radius 1 is 1.10 bits per heavy atom. The molecule has 0 atom stereocenters. The first kappa shape index (κ1) is 21.0. The summed E-state index contributed by atoms with van der Waals surface area (Å²) in [5.41, 5.74) is 1.21. The van der Waals surface area contributed by atoms with Crippen molar-refractivity contribution in [1.82, 2.24) is 9.55 Å². The Balaban J connectivity index is 1.70. The van der Waals surface area contributed by atoms with Gasteiger partial charge in [0.1, 0.15) is 17.0 Å². The van der Waals surface area contributed by atoms with Gasteiger partial charge in [0.15, 0.2) is 6.61 Å². The van der Waals surface area contributed by atoms with E-state index in [2.05, 4.69) is 10.3 Å². The van der Waals surface area contributed by atoms with Gasteiger partial charge in [-0.25, -0.2) is 9.78 Å². The number of rotatable bonds is 7. The highest BCUT2D eigenvalue weighted by Crippen LogP contribution is 2.16. The van der Waals surface area contributed by atoms with Crippen LogP contribution in [0.4, 0.5) is 5.69 Å². The summed E-state index contributed by atoms with van der Waals surface area (Å²) < 4.78 is 12.1. The maximum absolute atomic E-state index is 12.7. The van der Waals surface area contributed by atoms with E-state index >= 15 is 0 Å². The minimum absolute atomic E-state index is 0.135. The minimum atomic E-state index is -0.855. The quantitative estimate of drug-likeness (QED) is 0.603. The maximum atomic E-state index is 12.7. The molecule has 1 aromatic carbocycles. The van der Waals surface area contributed by atoms with Crippen molar-refractivity contribution in [2.45, 2.75) is 27.3 Å². The fourth-order valence-corrected chi connectivity index (χ4v) is 2.95. The molecule has 2 heterocycles. The number of hydrogen-bond donors (Lipinski definition) is 1. The van der Waals surface area contributed by atoms with Crippen LogP contribution in [0.25, 0.3) is 11.0 Å². The molecule has 156 valence electrons. The monoisotopic (exact) mass is 409 g/mol. The molecule has 0 radical (unpaired) electrons. The van der Waals surface area contributed by atoms with E-state index in [4.69, 9.17) is 9.47 Å². The predicted molar refractivity (Wildman–Crippen MR) is 113 cm³/mol. The number of pyridine rings is 2. The number of ether oxygens (including phenoxy) is 2. The lowest BCUT2D eigenvalue weighted by Crippen LogP contribution is -2.25. The van der Waals surface area contributed by atoms with E-state index in [0.717, 1.165) is 5.69 Å². The first-order chi connectivity index (χ1) is 14.4. The highest BCUT2D eigenvalue weighted by atomic mass is 16.5. The number of nitrogens with one attached hydrogen (secondary N) is 1. The molecule has 3 rings (SSSR count). The van der Waals surface area contributed by atoms with E-state index in [9.17, 15) is 14.4 Å². The molecule has 8 heteroatoms. The third-order valence-corrected chi connectivity index (χ3v) is 4.40. The van der Waals surface area contributed by atoms with E-state index in [-0.39, 0.29) is 5.56 Å². The number of fused-ring (bicyclic) bond motifs is 1. The van der Waals surface area contributed by atoms with Gasteiger partial charge >= 0.3 is 5.97 Å². The summed E-state index contributed by atoms with van der Waals surface area (Å²) in [7, 11) is 0. The van der Waals surface area contributed by atoms with Gasteiger partial charge in [-0.3, -0.25) is 9.59 Å². The minimum Gasteiger partial charge on any atom is -0.494 e. The normalized spacial score (nSPS) is 10.6. The molecule has 0 spiro atoms. The van der Waals surface area contributed by atoms with Gasteiger partial charge in [-0.2, -0.15) is 0 Å². The summed E-state index contributed by atoms with van der Waals surface area (Å²) in [6.07, 6.45) is 1.42. The van der Waals surface area contributed by atoms with Gasteiger partial charge in [0.2, 0.25) is 5.43 Å². The number of carbonyl (C=O) groups excluding carboxylic acids is 2. The number of carbonyl (C=O) groups is 2. The van der Waals surface area contributed by atoms with Crippen molar-refractivity contribution >= 4 is 28.6 Å². The molecular weight excluding hydrogens is 386 g/mol. The van der Waals surface area contributed by atoms with Crippen molar-refractivity contribution in [2.24, 2.45) is 0 Å². The lowest BCUT2D eigenvalue weighted by atomic mass is 10.2. The molecule has 1 amide bonds. The van der Waals surface area contributed by atoms with Crippen LogP contribution in [0.15, 0.2) is 47.4 Å². The number of aromatic nitrogens is 2. The van der Waals surface area contributed by atoms with Gasteiger partial charge in [0, 0.05) is 24.1 Å². The second-order valence-corrected chi connectivity index (χ2v) is 6.56. The average Bonchev–Trinajstić information content (AvgIpc) is 2.74. The van der Waals surface area contributed by atoms with Crippen LogP contribution in [0.1, 0.15) is 29.9 Å². The summed E-state index contributed by atoms with van der Waals surface area (Å²) in [5.74, 6) is -0.678. The third-order valence-electron chi connectivity index (χ3n) is 4.40. The lowest BCUT2D eigenvalue weighted by molar-refractivity contribution is -0.119. The number of aryl methyl sites for hydroxylation is 2. The zero-order valence-electron chi connectivity index (χ0n) is 17.1. The smallest absolute Gasteiger partial charge is 0.344 e. The number of nitrogens with zero attached hydrogens (tertiary/aromatic N) is 2. The summed E-state index contributed by atoms with van der Waals surface area (Å²) in [5, 5.41) is 2.96. The van der Waals surface area contributed by atoms with Crippen molar-refractivity contribution in [3.05, 3.63) is 64.1 Å². The van der Waals surface area contributed by atoms with E-state index in [1.807, 2.05) is 20.8 Å². The van der Waals surface area contributed by atoms with Crippen molar-refractivity contribution < 1.29 is 19.1 Å². The second kappa shape index (κ2) is 9.21. The molecule has 2 aromatic heterocycles. The number of benzene rings is 1. The van der Waals surface area contributed by atoms with Gasteiger partial charge in [0.25, 0.3) is 5.91 Å². The van der Waals surface area contributed by atoms with Crippen LogP contribution in [0.5, 0.6) is 5.75 Å². The molecule has 0 saturated heterocycles. The number of anilines is 1. The summed E-state index contributed by atoms with van der Waals surface area (Å²) in [4.78, 5) is 41.7. The number of hydrogen-bond acceptors (Lipinski definition) is 6. The van der Waals surface area contributed by atoms with Gasteiger partial charge in [0.05, 0.1) is 12.0 Å². The van der Waals surface area contributed by atoms with E-state index in [1.165, 1.54) is 6.20 Å². The second-order valence-electron chi connectivity index (χ2n) is 6.56. The standard InChI is InChI=1S/C22H23N3O5/c1-4-25-12-18(20(27)17-11-6-14(3)23-21(17)25)22(28)30-13-19(26)24-15-7-9-16(10-8-15)29-5-2/h6-12H,4-5,13H2,1-3H3,(H,24,26). The van der Waals surface area contributed by atoms with E-state index in [1.54, 1.807) is 41.0 Å². The number of esters is 1. The molecule has 0 fully saturated rings. The van der Waals surface area contributed by atoms with E-state index < -0.39 is 23.9 Å². The molecule has 0 bridgehead atoms. The molecule has 0 saturated carbocycles. The van der Waals surface area contributed by atoms with Crippen LogP contribution in [0.3, 0.4) is 0 Å². The molecule has 0 aliphatic carbocycles. The summed E-state index contributed by atoms with van der Waals surface area (Å²) in [6.45, 7) is 6.15. The van der Waals surface area contributed by atoms with Crippen LogP contribution in [-0.4, -0.2) is 34.6 Å². The fourth-order valence-electron chi connectivity index (χ4n) is 2.95. The van der Waals surface area contributed by atoms with Gasteiger partial charge < -0.3 is 19.4 Å². The first-order valence-corrected chi connectivity index (χ1v) is 9.63. The molecule has 0 unspecified atom stereocenters. The highest BCUT2D eigenvalue weighted by molar-refractivity contribution is 5.96. The summed E-state index contributed by atoms with van der Waals surface area (Å²) >= 11 is 0. The Morgan fingerprint density at radius 3 is 2.50 bits per heavy atom. The van der Waals surface area contributed by atoms with Crippen molar-refractivity contribution in [3.63, 3.8) is 0 Å². The molecule has 1 N–H and O–H groups in total. The van der Waals surface area contributed by atoms with Crippen LogP contribution >= 0.6 is 0 Å².